The Labute approximate surface area is 154 Å². The third-order valence-electron chi connectivity index (χ3n) is 3.96. The van der Waals surface area contributed by atoms with Crippen LogP contribution >= 0.6 is 27.5 Å². The van der Waals surface area contributed by atoms with Gasteiger partial charge in [-0.15, -0.1) is 11.6 Å². The number of hydrogen-bond acceptors (Lipinski definition) is 3. The maximum Gasteiger partial charge on any atom is 0.258 e. The number of alkyl halides is 1. The molecule has 0 bridgehead atoms. The van der Waals surface area contributed by atoms with E-state index in [0.29, 0.717) is 6.42 Å². The van der Waals surface area contributed by atoms with E-state index >= 15 is 0 Å². The highest BCUT2D eigenvalue weighted by atomic mass is 79.9. The SMILES string of the molecule is COc1ccc([C@H]2CC(c3ccc(Br)cc3)=NN2C(=O)CCl)cc1. The van der Waals surface area contributed by atoms with Crippen LogP contribution in [-0.4, -0.2) is 29.6 Å². The number of benzene rings is 2. The molecular weight excluding hydrogens is 392 g/mol. The molecule has 1 aliphatic rings. The van der Waals surface area contributed by atoms with Crippen molar-refractivity contribution in [3.05, 3.63) is 64.1 Å². The first-order chi connectivity index (χ1) is 11.6. The summed E-state index contributed by atoms with van der Waals surface area (Å²) in [6, 6.07) is 15.4. The van der Waals surface area contributed by atoms with Gasteiger partial charge < -0.3 is 4.74 Å². The maximum absolute atomic E-state index is 12.2. The average Bonchev–Trinajstić information content (AvgIpc) is 3.07. The van der Waals surface area contributed by atoms with E-state index in [1.165, 1.54) is 5.01 Å². The number of rotatable bonds is 4. The van der Waals surface area contributed by atoms with Gasteiger partial charge in [-0.25, -0.2) is 5.01 Å². The molecule has 0 unspecified atom stereocenters. The molecule has 0 aromatic heterocycles. The van der Waals surface area contributed by atoms with Crippen LogP contribution < -0.4 is 4.74 Å². The van der Waals surface area contributed by atoms with Gasteiger partial charge in [0, 0.05) is 10.9 Å². The van der Waals surface area contributed by atoms with Gasteiger partial charge in [0.05, 0.1) is 18.9 Å². The zero-order chi connectivity index (χ0) is 17.1. The van der Waals surface area contributed by atoms with Gasteiger partial charge in [-0.2, -0.15) is 5.10 Å². The molecule has 2 aromatic carbocycles. The van der Waals surface area contributed by atoms with Crippen molar-refractivity contribution in [3.63, 3.8) is 0 Å². The first-order valence-electron chi connectivity index (χ1n) is 7.47. The number of methoxy groups -OCH3 is 1. The summed E-state index contributed by atoms with van der Waals surface area (Å²) in [5.74, 6) is 0.481. The Morgan fingerprint density at radius 1 is 1.25 bits per heavy atom. The molecule has 1 heterocycles. The largest absolute Gasteiger partial charge is 0.497 e. The van der Waals surface area contributed by atoms with Gasteiger partial charge in [0.1, 0.15) is 11.6 Å². The number of carbonyl (C=O) groups is 1. The lowest BCUT2D eigenvalue weighted by atomic mass is 9.98. The molecule has 0 fully saturated rings. The molecule has 0 radical (unpaired) electrons. The van der Waals surface area contributed by atoms with E-state index in [0.717, 1.165) is 27.1 Å². The number of ether oxygens (including phenoxy) is 1. The quantitative estimate of drug-likeness (QED) is 0.706. The van der Waals surface area contributed by atoms with E-state index in [-0.39, 0.29) is 17.8 Å². The van der Waals surface area contributed by atoms with Crippen LogP contribution in [-0.2, 0) is 4.79 Å². The summed E-state index contributed by atoms with van der Waals surface area (Å²) in [5, 5.41) is 6.02. The summed E-state index contributed by atoms with van der Waals surface area (Å²) < 4.78 is 6.20. The molecule has 1 atom stereocenters. The van der Waals surface area contributed by atoms with Gasteiger partial charge in [0.2, 0.25) is 0 Å². The Bertz CT molecular complexity index is 760. The number of hydrazone groups is 1. The van der Waals surface area contributed by atoms with Crippen LogP contribution in [0, 0.1) is 0 Å². The van der Waals surface area contributed by atoms with Gasteiger partial charge >= 0.3 is 0 Å². The van der Waals surface area contributed by atoms with Crippen molar-refractivity contribution < 1.29 is 9.53 Å². The molecule has 3 rings (SSSR count). The fraction of sp³-hybridized carbons (Fsp3) is 0.222. The van der Waals surface area contributed by atoms with Gasteiger partial charge in [-0.3, -0.25) is 4.79 Å². The first-order valence-corrected chi connectivity index (χ1v) is 8.80. The van der Waals surface area contributed by atoms with Crippen molar-refractivity contribution in [3.8, 4) is 5.75 Å². The molecule has 2 aromatic rings. The molecule has 124 valence electrons. The van der Waals surface area contributed by atoms with Crippen LogP contribution in [0.2, 0.25) is 0 Å². The van der Waals surface area contributed by atoms with Crippen molar-refractivity contribution in [2.24, 2.45) is 5.10 Å². The van der Waals surface area contributed by atoms with E-state index in [9.17, 15) is 4.79 Å². The third-order valence-corrected chi connectivity index (χ3v) is 4.72. The van der Waals surface area contributed by atoms with Gasteiger partial charge in [0.25, 0.3) is 5.91 Å². The smallest absolute Gasteiger partial charge is 0.258 e. The van der Waals surface area contributed by atoms with Gasteiger partial charge in [-0.1, -0.05) is 40.2 Å². The Balaban J connectivity index is 1.91. The summed E-state index contributed by atoms with van der Waals surface area (Å²) in [6.07, 6.45) is 0.649. The summed E-state index contributed by atoms with van der Waals surface area (Å²) in [4.78, 5) is 12.2. The number of amides is 1. The highest BCUT2D eigenvalue weighted by Crippen LogP contribution is 2.33. The second-order valence-electron chi connectivity index (χ2n) is 5.42. The van der Waals surface area contributed by atoms with E-state index in [1.54, 1.807) is 7.11 Å². The minimum Gasteiger partial charge on any atom is -0.497 e. The molecule has 1 aliphatic heterocycles. The first kappa shape index (κ1) is 17.0. The second kappa shape index (κ2) is 7.36. The molecule has 0 spiro atoms. The van der Waals surface area contributed by atoms with E-state index < -0.39 is 0 Å². The summed E-state index contributed by atoms with van der Waals surface area (Å²) in [7, 11) is 1.63. The lowest BCUT2D eigenvalue weighted by Gasteiger charge is -2.21. The Morgan fingerprint density at radius 3 is 2.50 bits per heavy atom. The predicted molar refractivity (Wildman–Crippen MR) is 98.6 cm³/mol. The summed E-state index contributed by atoms with van der Waals surface area (Å²) in [5.41, 5.74) is 2.88. The number of hydrogen-bond donors (Lipinski definition) is 0. The second-order valence-corrected chi connectivity index (χ2v) is 6.60. The van der Waals surface area contributed by atoms with Crippen molar-refractivity contribution >= 4 is 39.1 Å². The molecule has 0 saturated carbocycles. The standard InChI is InChI=1S/C18H16BrClN2O2/c1-24-15-8-4-13(5-9-15)17-10-16(21-22(17)18(23)11-20)12-2-6-14(19)7-3-12/h2-9,17H,10-11H2,1H3/t17-/m1/s1. The summed E-state index contributed by atoms with van der Waals surface area (Å²) >= 11 is 9.19. The van der Waals surface area contributed by atoms with Crippen molar-refractivity contribution in [1.82, 2.24) is 5.01 Å². The molecular formula is C18H16BrClN2O2. The fourth-order valence-electron chi connectivity index (χ4n) is 2.70. The maximum atomic E-state index is 12.2. The fourth-order valence-corrected chi connectivity index (χ4v) is 3.09. The van der Waals surface area contributed by atoms with Crippen molar-refractivity contribution in [2.75, 3.05) is 13.0 Å². The minimum absolute atomic E-state index is 0.0935. The zero-order valence-corrected chi connectivity index (χ0v) is 15.4. The molecule has 24 heavy (non-hydrogen) atoms. The number of halogens is 2. The van der Waals surface area contributed by atoms with Gasteiger partial charge in [0.15, 0.2) is 0 Å². The normalized spacial score (nSPS) is 16.9. The lowest BCUT2D eigenvalue weighted by molar-refractivity contribution is -0.130. The van der Waals surface area contributed by atoms with Crippen LogP contribution in [0.4, 0.5) is 0 Å². The predicted octanol–water partition coefficient (Wildman–Crippen LogP) is 4.37. The lowest BCUT2D eigenvalue weighted by Crippen LogP contribution is -2.27. The monoisotopic (exact) mass is 406 g/mol. The molecule has 4 nitrogen and oxygen atoms in total. The Morgan fingerprint density at radius 2 is 1.92 bits per heavy atom. The average molecular weight is 408 g/mol. The minimum atomic E-state index is -0.204. The van der Waals surface area contributed by atoms with Gasteiger partial charge in [-0.05, 0) is 35.4 Å². The molecule has 0 saturated heterocycles. The van der Waals surface area contributed by atoms with Crippen LogP contribution in [0.15, 0.2) is 58.1 Å². The Hall–Kier alpha value is -1.85. The van der Waals surface area contributed by atoms with Crippen LogP contribution in [0.25, 0.3) is 0 Å². The molecule has 0 N–H and O–H groups in total. The van der Waals surface area contributed by atoms with Crippen LogP contribution in [0.1, 0.15) is 23.6 Å². The van der Waals surface area contributed by atoms with E-state index in [2.05, 4.69) is 21.0 Å². The highest BCUT2D eigenvalue weighted by Gasteiger charge is 2.32. The van der Waals surface area contributed by atoms with Crippen LogP contribution in [0.3, 0.4) is 0 Å². The third kappa shape index (κ3) is 3.47. The summed E-state index contributed by atoms with van der Waals surface area (Å²) in [6.45, 7) is 0. The molecule has 6 heteroatoms. The zero-order valence-electron chi connectivity index (χ0n) is 13.1. The van der Waals surface area contributed by atoms with E-state index in [4.69, 9.17) is 16.3 Å². The number of carbonyl (C=O) groups excluding carboxylic acids is 1. The van der Waals surface area contributed by atoms with Crippen molar-refractivity contribution in [2.45, 2.75) is 12.5 Å². The number of nitrogens with zero attached hydrogens (tertiary/aromatic N) is 2. The molecule has 0 aliphatic carbocycles. The topological polar surface area (TPSA) is 41.9 Å². The Kier molecular flexibility index (Phi) is 5.21. The van der Waals surface area contributed by atoms with Crippen LogP contribution in [0.5, 0.6) is 5.75 Å². The molecule has 1 amide bonds. The van der Waals surface area contributed by atoms with Crippen molar-refractivity contribution in [1.29, 1.82) is 0 Å². The van der Waals surface area contributed by atoms with E-state index in [1.807, 2.05) is 48.5 Å². The highest BCUT2D eigenvalue weighted by molar-refractivity contribution is 9.10.